The quantitative estimate of drug-likeness (QED) is 0.883. The zero-order chi connectivity index (χ0) is 14.1. The number of benzene rings is 1. The highest BCUT2D eigenvalue weighted by Gasteiger charge is 2.31. The molecule has 1 amide bonds. The molecule has 0 saturated carbocycles. The van der Waals surface area contributed by atoms with E-state index >= 15 is 0 Å². The van der Waals surface area contributed by atoms with E-state index in [1.807, 2.05) is 0 Å². The van der Waals surface area contributed by atoms with Crippen LogP contribution in [0.2, 0.25) is 0 Å². The van der Waals surface area contributed by atoms with Gasteiger partial charge in [0, 0.05) is 13.1 Å². The minimum atomic E-state index is -0.847. The Balaban J connectivity index is 1.82. The molecule has 1 aromatic carbocycles. The van der Waals surface area contributed by atoms with Gasteiger partial charge in [-0.2, -0.15) is 0 Å². The van der Waals surface area contributed by atoms with Crippen molar-refractivity contribution in [1.29, 1.82) is 0 Å². The van der Waals surface area contributed by atoms with E-state index in [9.17, 15) is 9.59 Å². The van der Waals surface area contributed by atoms with E-state index in [0.717, 1.165) is 0 Å². The first-order valence-electron chi connectivity index (χ1n) is 6.57. The Labute approximate surface area is 115 Å². The molecule has 1 aromatic rings. The normalized spacial score (nSPS) is 20.8. The molecule has 1 atom stereocenters. The third-order valence-corrected chi connectivity index (χ3v) is 3.68. The molecule has 106 valence electrons. The molecule has 0 aliphatic carbocycles. The number of carboxylic acids is 1. The number of para-hydroxylation sites is 1. The average molecular weight is 277 g/mol. The number of ether oxygens (including phenoxy) is 2. The van der Waals surface area contributed by atoms with Crippen LogP contribution in [0.25, 0.3) is 0 Å². The number of rotatable bonds is 2. The van der Waals surface area contributed by atoms with E-state index in [-0.39, 0.29) is 19.2 Å². The fourth-order valence-electron chi connectivity index (χ4n) is 2.63. The minimum Gasteiger partial charge on any atom is -0.481 e. The van der Waals surface area contributed by atoms with Crippen molar-refractivity contribution in [2.24, 2.45) is 5.92 Å². The SMILES string of the molecule is O=C(O)[C@@H]1CCCN(C(=O)c2cccc3c2OCO3)C1. The molecule has 0 unspecified atom stereocenters. The van der Waals surface area contributed by atoms with Gasteiger partial charge in [0.1, 0.15) is 0 Å². The van der Waals surface area contributed by atoms with Crippen LogP contribution in [0.5, 0.6) is 11.5 Å². The fourth-order valence-corrected chi connectivity index (χ4v) is 2.63. The van der Waals surface area contributed by atoms with Crippen molar-refractivity contribution < 1.29 is 24.2 Å². The lowest BCUT2D eigenvalue weighted by atomic mass is 9.97. The molecule has 0 bridgehead atoms. The number of fused-ring (bicyclic) bond motifs is 1. The zero-order valence-corrected chi connectivity index (χ0v) is 10.9. The van der Waals surface area contributed by atoms with E-state index < -0.39 is 11.9 Å². The number of nitrogens with zero attached hydrogens (tertiary/aromatic N) is 1. The number of carboxylic acid groups (broad SMARTS) is 1. The van der Waals surface area contributed by atoms with Gasteiger partial charge in [0.2, 0.25) is 6.79 Å². The molecule has 6 nitrogen and oxygen atoms in total. The largest absolute Gasteiger partial charge is 0.481 e. The van der Waals surface area contributed by atoms with Crippen molar-refractivity contribution in [2.75, 3.05) is 19.9 Å². The fraction of sp³-hybridized carbons (Fsp3) is 0.429. The lowest BCUT2D eigenvalue weighted by molar-refractivity contribution is -0.143. The molecule has 6 heteroatoms. The maximum atomic E-state index is 12.5. The van der Waals surface area contributed by atoms with Crippen molar-refractivity contribution in [2.45, 2.75) is 12.8 Å². The van der Waals surface area contributed by atoms with E-state index in [0.29, 0.717) is 36.4 Å². The summed E-state index contributed by atoms with van der Waals surface area (Å²) in [6.45, 7) is 0.934. The second kappa shape index (κ2) is 5.03. The van der Waals surface area contributed by atoms with Gasteiger partial charge in [-0.3, -0.25) is 9.59 Å². The highest BCUT2D eigenvalue weighted by atomic mass is 16.7. The molecule has 1 N–H and O–H groups in total. The van der Waals surface area contributed by atoms with Gasteiger partial charge in [0.15, 0.2) is 11.5 Å². The Morgan fingerprint density at radius 3 is 2.95 bits per heavy atom. The van der Waals surface area contributed by atoms with Gasteiger partial charge >= 0.3 is 5.97 Å². The molecule has 0 radical (unpaired) electrons. The Morgan fingerprint density at radius 2 is 2.15 bits per heavy atom. The standard InChI is InChI=1S/C14H15NO5/c16-13(15-6-2-3-9(7-15)14(17)18)10-4-1-5-11-12(10)20-8-19-11/h1,4-5,9H,2-3,6-8H2,(H,17,18)/t9-/m1/s1. The van der Waals surface area contributed by atoms with E-state index in [4.69, 9.17) is 14.6 Å². The summed E-state index contributed by atoms with van der Waals surface area (Å²) in [4.78, 5) is 25.2. The molecular formula is C14H15NO5. The van der Waals surface area contributed by atoms with Crippen LogP contribution in [0.3, 0.4) is 0 Å². The van der Waals surface area contributed by atoms with Crippen LogP contribution in [-0.2, 0) is 4.79 Å². The number of hydrogen-bond donors (Lipinski definition) is 1. The number of carbonyl (C=O) groups excluding carboxylic acids is 1. The number of likely N-dealkylation sites (tertiary alicyclic amines) is 1. The van der Waals surface area contributed by atoms with E-state index in [1.165, 1.54) is 0 Å². The Bertz CT molecular complexity index is 556. The maximum absolute atomic E-state index is 12.5. The van der Waals surface area contributed by atoms with Crippen LogP contribution in [0.4, 0.5) is 0 Å². The summed E-state index contributed by atoms with van der Waals surface area (Å²) in [5.41, 5.74) is 0.436. The first-order chi connectivity index (χ1) is 9.66. The van der Waals surface area contributed by atoms with Crippen LogP contribution in [0.1, 0.15) is 23.2 Å². The minimum absolute atomic E-state index is 0.109. The molecular weight excluding hydrogens is 262 g/mol. The molecule has 1 fully saturated rings. The van der Waals surface area contributed by atoms with Crippen LogP contribution >= 0.6 is 0 Å². The molecule has 2 aliphatic rings. The van der Waals surface area contributed by atoms with Gasteiger partial charge in [-0.25, -0.2) is 0 Å². The summed E-state index contributed by atoms with van der Waals surface area (Å²) in [6, 6.07) is 5.16. The van der Waals surface area contributed by atoms with Crippen LogP contribution in [0, 0.1) is 5.92 Å². The summed E-state index contributed by atoms with van der Waals surface area (Å²) in [7, 11) is 0. The lowest BCUT2D eigenvalue weighted by Crippen LogP contribution is -2.42. The zero-order valence-electron chi connectivity index (χ0n) is 10.9. The topological polar surface area (TPSA) is 76.1 Å². The summed E-state index contributed by atoms with van der Waals surface area (Å²) in [5, 5.41) is 9.08. The number of hydrogen-bond acceptors (Lipinski definition) is 4. The molecule has 0 spiro atoms. The van der Waals surface area contributed by atoms with E-state index in [1.54, 1.807) is 23.1 Å². The maximum Gasteiger partial charge on any atom is 0.308 e. The Morgan fingerprint density at radius 1 is 1.30 bits per heavy atom. The van der Waals surface area contributed by atoms with Crippen molar-refractivity contribution in [3.8, 4) is 11.5 Å². The number of piperidine rings is 1. The first kappa shape index (κ1) is 12.8. The predicted octanol–water partition coefficient (Wildman–Crippen LogP) is 1.35. The molecule has 20 heavy (non-hydrogen) atoms. The Kier molecular flexibility index (Phi) is 3.22. The van der Waals surface area contributed by atoms with Crippen LogP contribution in [0.15, 0.2) is 18.2 Å². The Hall–Kier alpha value is -2.24. The van der Waals surface area contributed by atoms with Gasteiger partial charge in [0.05, 0.1) is 11.5 Å². The predicted molar refractivity (Wildman–Crippen MR) is 68.8 cm³/mol. The monoisotopic (exact) mass is 277 g/mol. The smallest absolute Gasteiger partial charge is 0.308 e. The number of aliphatic carboxylic acids is 1. The van der Waals surface area contributed by atoms with Crippen molar-refractivity contribution in [3.63, 3.8) is 0 Å². The van der Waals surface area contributed by atoms with Crippen molar-refractivity contribution >= 4 is 11.9 Å². The summed E-state index contributed by atoms with van der Waals surface area (Å²) < 4.78 is 10.6. The van der Waals surface area contributed by atoms with Crippen molar-refractivity contribution in [3.05, 3.63) is 23.8 Å². The van der Waals surface area contributed by atoms with E-state index in [2.05, 4.69) is 0 Å². The number of carbonyl (C=O) groups is 2. The molecule has 2 aliphatic heterocycles. The molecule has 0 aromatic heterocycles. The third-order valence-electron chi connectivity index (χ3n) is 3.68. The lowest BCUT2D eigenvalue weighted by Gasteiger charge is -2.30. The molecule has 3 rings (SSSR count). The van der Waals surface area contributed by atoms with Crippen molar-refractivity contribution in [1.82, 2.24) is 4.90 Å². The average Bonchev–Trinajstić information content (AvgIpc) is 2.95. The van der Waals surface area contributed by atoms with Crippen LogP contribution < -0.4 is 9.47 Å². The van der Waals surface area contributed by atoms with Gasteiger partial charge < -0.3 is 19.5 Å². The van der Waals surface area contributed by atoms with Crippen LogP contribution in [-0.4, -0.2) is 41.8 Å². The third kappa shape index (κ3) is 2.17. The second-order valence-corrected chi connectivity index (χ2v) is 4.97. The second-order valence-electron chi connectivity index (χ2n) is 4.97. The molecule has 2 heterocycles. The first-order valence-corrected chi connectivity index (χ1v) is 6.57. The highest BCUT2D eigenvalue weighted by Crippen LogP contribution is 2.36. The van der Waals surface area contributed by atoms with Gasteiger partial charge in [-0.05, 0) is 25.0 Å². The summed E-state index contributed by atoms with van der Waals surface area (Å²) in [5.74, 6) is -0.516. The van der Waals surface area contributed by atoms with Gasteiger partial charge in [-0.15, -0.1) is 0 Å². The number of amides is 1. The highest BCUT2D eigenvalue weighted by molar-refractivity contribution is 5.98. The summed E-state index contributed by atoms with van der Waals surface area (Å²) >= 11 is 0. The molecule has 1 saturated heterocycles. The van der Waals surface area contributed by atoms with Gasteiger partial charge in [-0.1, -0.05) is 6.07 Å². The summed E-state index contributed by atoms with van der Waals surface area (Å²) in [6.07, 6.45) is 1.32. The van der Waals surface area contributed by atoms with Gasteiger partial charge in [0.25, 0.3) is 5.91 Å².